The summed E-state index contributed by atoms with van der Waals surface area (Å²) in [6.45, 7) is 5.08. The van der Waals surface area contributed by atoms with Crippen LogP contribution in [-0.2, 0) is 23.7 Å². The van der Waals surface area contributed by atoms with Gasteiger partial charge in [-0.05, 0) is 31.1 Å². The SMILES string of the molecule is CC(C)C=NOC(=O)C(C)Oc1cc(-n2c(=O)n(C)c(=S)n(C)c2=O)c(F)cc1Cl. The second-order valence-corrected chi connectivity index (χ2v) is 7.48. The Hall–Kier alpha value is -2.79. The second kappa shape index (κ2) is 9.35. The van der Waals surface area contributed by atoms with Crippen LogP contribution in [-0.4, -0.2) is 32.0 Å². The fourth-order valence-electron chi connectivity index (χ4n) is 2.27. The Morgan fingerprint density at radius 1 is 1.20 bits per heavy atom. The van der Waals surface area contributed by atoms with E-state index in [1.165, 1.54) is 27.2 Å². The summed E-state index contributed by atoms with van der Waals surface area (Å²) >= 11 is 11.0. The smallest absolute Gasteiger partial charge is 0.374 e. The van der Waals surface area contributed by atoms with Crippen LogP contribution in [0.1, 0.15) is 20.8 Å². The molecular formula is C18H20ClFN4O5S. The van der Waals surface area contributed by atoms with Crippen molar-refractivity contribution in [2.45, 2.75) is 26.9 Å². The molecule has 1 heterocycles. The highest BCUT2D eigenvalue weighted by atomic mass is 35.5. The van der Waals surface area contributed by atoms with Gasteiger partial charge >= 0.3 is 17.3 Å². The third-order valence-corrected chi connectivity index (χ3v) is 4.75. The molecule has 162 valence electrons. The summed E-state index contributed by atoms with van der Waals surface area (Å²) < 4.78 is 22.6. The maximum Gasteiger partial charge on any atom is 0.374 e. The third-order valence-electron chi connectivity index (χ3n) is 3.91. The van der Waals surface area contributed by atoms with E-state index in [0.717, 1.165) is 21.3 Å². The first kappa shape index (κ1) is 23.5. The minimum Gasteiger partial charge on any atom is -0.477 e. The first-order valence-electron chi connectivity index (χ1n) is 8.75. The van der Waals surface area contributed by atoms with Gasteiger partial charge in [0.1, 0.15) is 11.6 Å². The molecule has 0 aliphatic rings. The van der Waals surface area contributed by atoms with Crippen LogP contribution >= 0.6 is 23.8 Å². The van der Waals surface area contributed by atoms with Gasteiger partial charge in [0.25, 0.3) is 0 Å². The second-order valence-electron chi connectivity index (χ2n) is 6.70. The van der Waals surface area contributed by atoms with Gasteiger partial charge in [0.2, 0.25) is 0 Å². The predicted molar refractivity (Wildman–Crippen MR) is 112 cm³/mol. The molecule has 0 amide bonds. The molecule has 0 radical (unpaired) electrons. The average Bonchev–Trinajstić information content (AvgIpc) is 2.67. The zero-order chi connectivity index (χ0) is 22.7. The predicted octanol–water partition coefficient (Wildman–Crippen LogP) is 2.35. The number of aromatic nitrogens is 3. The highest BCUT2D eigenvalue weighted by Gasteiger charge is 2.22. The molecule has 1 unspecified atom stereocenters. The Balaban J connectivity index is 2.48. The van der Waals surface area contributed by atoms with Crippen molar-refractivity contribution < 1.29 is 18.8 Å². The molecule has 0 fully saturated rings. The monoisotopic (exact) mass is 458 g/mol. The first-order valence-corrected chi connectivity index (χ1v) is 9.53. The van der Waals surface area contributed by atoms with Crippen LogP contribution in [0.25, 0.3) is 5.69 Å². The summed E-state index contributed by atoms with van der Waals surface area (Å²) in [5.41, 5.74) is -2.12. The van der Waals surface area contributed by atoms with Crippen LogP contribution in [0.3, 0.4) is 0 Å². The van der Waals surface area contributed by atoms with Gasteiger partial charge in [0.15, 0.2) is 10.9 Å². The first-order chi connectivity index (χ1) is 14.0. The molecule has 30 heavy (non-hydrogen) atoms. The fraction of sp³-hybridized carbons (Fsp3) is 0.389. The number of halogens is 2. The van der Waals surface area contributed by atoms with E-state index in [0.29, 0.717) is 4.57 Å². The number of carbonyl (C=O) groups is 1. The molecule has 1 atom stereocenters. The molecule has 0 saturated carbocycles. The number of oxime groups is 1. The minimum atomic E-state index is -1.16. The van der Waals surface area contributed by atoms with Gasteiger partial charge < -0.3 is 9.57 Å². The topological polar surface area (TPSA) is 96.8 Å². The van der Waals surface area contributed by atoms with Crippen molar-refractivity contribution in [3.63, 3.8) is 0 Å². The van der Waals surface area contributed by atoms with Gasteiger partial charge in [0, 0.05) is 26.4 Å². The molecule has 0 N–H and O–H groups in total. The quantitative estimate of drug-likeness (QED) is 0.285. The molecular weight excluding hydrogens is 439 g/mol. The van der Waals surface area contributed by atoms with Crippen molar-refractivity contribution in [3.05, 3.63) is 48.7 Å². The molecule has 1 aromatic carbocycles. The van der Waals surface area contributed by atoms with Gasteiger partial charge in [0.05, 0.1) is 10.7 Å². The highest BCUT2D eigenvalue weighted by Crippen LogP contribution is 2.30. The van der Waals surface area contributed by atoms with Crippen LogP contribution in [0.5, 0.6) is 5.75 Å². The zero-order valence-corrected chi connectivity index (χ0v) is 18.5. The maximum atomic E-state index is 14.6. The lowest BCUT2D eigenvalue weighted by Gasteiger charge is -2.16. The van der Waals surface area contributed by atoms with Gasteiger partial charge in [-0.25, -0.2) is 23.3 Å². The lowest BCUT2D eigenvalue weighted by atomic mass is 10.2. The van der Waals surface area contributed by atoms with E-state index in [9.17, 15) is 18.8 Å². The summed E-state index contributed by atoms with van der Waals surface area (Å²) in [4.78, 5) is 41.8. The number of carbonyl (C=O) groups excluding carboxylic acids is 1. The van der Waals surface area contributed by atoms with Crippen LogP contribution in [0.2, 0.25) is 5.02 Å². The number of nitrogens with zero attached hydrogens (tertiary/aromatic N) is 4. The van der Waals surface area contributed by atoms with Crippen molar-refractivity contribution >= 4 is 36.0 Å². The number of rotatable bonds is 6. The highest BCUT2D eigenvalue weighted by molar-refractivity contribution is 7.71. The molecule has 9 nitrogen and oxygen atoms in total. The van der Waals surface area contributed by atoms with Gasteiger partial charge in [-0.1, -0.05) is 30.6 Å². The number of hydrogen-bond donors (Lipinski definition) is 0. The summed E-state index contributed by atoms with van der Waals surface area (Å²) in [6, 6.07) is 1.92. The molecule has 0 aliphatic carbocycles. The largest absolute Gasteiger partial charge is 0.477 e. The molecule has 0 saturated heterocycles. The normalized spacial score (nSPS) is 12.4. The minimum absolute atomic E-state index is 0.0367. The van der Waals surface area contributed by atoms with Crippen LogP contribution in [0.4, 0.5) is 4.39 Å². The number of ether oxygens (including phenoxy) is 1. The van der Waals surface area contributed by atoms with E-state index in [-0.39, 0.29) is 21.5 Å². The summed E-state index contributed by atoms with van der Waals surface area (Å²) in [5, 5.41) is 3.37. The summed E-state index contributed by atoms with van der Waals surface area (Å²) in [7, 11) is 2.70. The van der Waals surface area contributed by atoms with Gasteiger partial charge in [-0.3, -0.25) is 9.13 Å². The van der Waals surface area contributed by atoms with E-state index in [2.05, 4.69) is 5.16 Å². The molecule has 0 bridgehead atoms. The van der Waals surface area contributed by atoms with Gasteiger partial charge in [-0.2, -0.15) is 0 Å². The Morgan fingerprint density at radius 3 is 2.30 bits per heavy atom. The lowest BCUT2D eigenvalue weighted by molar-refractivity contribution is -0.151. The van der Waals surface area contributed by atoms with Crippen molar-refractivity contribution in [1.29, 1.82) is 0 Å². The van der Waals surface area contributed by atoms with Gasteiger partial charge in [-0.15, -0.1) is 0 Å². The van der Waals surface area contributed by atoms with E-state index >= 15 is 0 Å². The maximum absolute atomic E-state index is 14.6. The van der Waals surface area contributed by atoms with E-state index in [4.69, 9.17) is 33.4 Å². The van der Waals surface area contributed by atoms with E-state index in [1.54, 1.807) is 0 Å². The van der Waals surface area contributed by atoms with Crippen LogP contribution < -0.4 is 16.1 Å². The molecule has 2 rings (SSSR count). The average molecular weight is 459 g/mol. The van der Waals surface area contributed by atoms with Crippen molar-refractivity contribution in [2.24, 2.45) is 25.2 Å². The number of benzene rings is 1. The Morgan fingerprint density at radius 2 is 1.77 bits per heavy atom. The van der Waals surface area contributed by atoms with Crippen molar-refractivity contribution in [3.8, 4) is 11.4 Å². The molecule has 2 aromatic rings. The standard InChI is InChI=1S/C18H20ClFN4O5S/c1-9(2)8-21-29-15(25)10(3)28-14-7-13(12(20)6-11(14)19)24-16(26)22(4)18(30)23(5)17(24)27/h6-10H,1-5H3. The zero-order valence-electron chi connectivity index (χ0n) is 16.9. The van der Waals surface area contributed by atoms with Crippen molar-refractivity contribution in [1.82, 2.24) is 13.7 Å². The van der Waals surface area contributed by atoms with Crippen molar-refractivity contribution in [2.75, 3.05) is 0 Å². The van der Waals surface area contributed by atoms with E-state index < -0.39 is 35.0 Å². The third kappa shape index (κ3) is 4.85. The van der Waals surface area contributed by atoms with E-state index in [1.807, 2.05) is 13.8 Å². The number of hydrogen-bond acceptors (Lipinski definition) is 7. The summed E-state index contributed by atoms with van der Waals surface area (Å²) in [6.07, 6.45) is 0.273. The Kier molecular flexibility index (Phi) is 7.32. The Bertz CT molecular complexity index is 1140. The Labute approximate surface area is 180 Å². The lowest BCUT2D eigenvalue weighted by Crippen LogP contribution is -2.43. The summed E-state index contributed by atoms with van der Waals surface area (Å²) in [5.74, 6) is -1.82. The molecule has 0 aliphatic heterocycles. The molecule has 12 heteroatoms. The van der Waals surface area contributed by atoms with Crippen LogP contribution in [0, 0.1) is 16.5 Å². The fourth-order valence-corrected chi connectivity index (χ4v) is 2.62. The van der Waals surface area contributed by atoms with Crippen LogP contribution in [0.15, 0.2) is 26.9 Å². The molecule has 1 aromatic heterocycles. The molecule has 0 spiro atoms.